The number of hydrogen-bond acceptors (Lipinski definition) is 4. The highest BCUT2D eigenvalue weighted by Crippen LogP contribution is 2.21. The zero-order valence-electron chi connectivity index (χ0n) is 9.91. The Bertz CT molecular complexity index is 412. The number of esters is 1. The Morgan fingerprint density at radius 2 is 2.29 bits per heavy atom. The quantitative estimate of drug-likeness (QED) is 0.801. The lowest BCUT2D eigenvalue weighted by atomic mass is 10.3. The van der Waals surface area contributed by atoms with Crippen LogP contribution >= 0.6 is 15.9 Å². The lowest BCUT2D eigenvalue weighted by Crippen LogP contribution is -2.37. The first-order chi connectivity index (χ1) is 7.95. The first-order valence-electron chi connectivity index (χ1n) is 5.10. The van der Waals surface area contributed by atoms with E-state index in [1.807, 2.05) is 13.8 Å². The third-order valence-electron chi connectivity index (χ3n) is 2.21. The van der Waals surface area contributed by atoms with Gasteiger partial charge in [-0.15, -0.1) is 0 Å². The van der Waals surface area contributed by atoms with E-state index in [1.165, 1.54) is 19.4 Å². The number of ether oxygens (including phenoxy) is 1. The molecule has 94 valence electrons. The molecule has 0 saturated heterocycles. The van der Waals surface area contributed by atoms with Crippen LogP contribution in [0.25, 0.3) is 0 Å². The molecule has 0 aliphatic heterocycles. The van der Waals surface area contributed by atoms with Crippen molar-refractivity contribution in [1.29, 1.82) is 0 Å². The summed E-state index contributed by atoms with van der Waals surface area (Å²) in [6.07, 6.45) is 1.49. The van der Waals surface area contributed by atoms with E-state index < -0.39 is 11.8 Å². The molecule has 1 rings (SSSR count). The Labute approximate surface area is 108 Å². The van der Waals surface area contributed by atoms with Gasteiger partial charge in [0.15, 0.2) is 11.6 Å². The average molecular weight is 305 g/mol. The largest absolute Gasteiger partial charge is 0.468 e. The summed E-state index contributed by atoms with van der Waals surface area (Å²) in [5.41, 5.74) is 0. The zero-order chi connectivity index (χ0) is 13.0. The van der Waals surface area contributed by atoms with E-state index in [0.717, 1.165) is 0 Å². The standard InChI is InChI=1S/C11H14BrFN2O2/c1-7(2)15(6-10(16)17-3)11-9(13)4-8(12)5-14-11/h4-5,7H,6H2,1-3H3. The van der Waals surface area contributed by atoms with Gasteiger partial charge in [-0.05, 0) is 35.8 Å². The number of methoxy groups -OCH3 is 1. The Hall–Kier alpha value is -1.17. The molecule has 0 amide bonds. The molecule has 0 aromatic carbocycles. The Morgan fingerprint density at radius 3 is 2.76 bits per heavy atom. The molecule has 0 bridgehead atoms. The van der Waals surface area contributed by atoms with Gasteiger partial charge in [0.2, 0.25) is 0 Å². The van der Waals surface area contributed by atoms with Gasteiger partial charge < -0.3 is 9.64 Å². The van der Waals surface area contributed by atoms with Crippen LogP contribution < -0.4 is 4.90 Å². The minimum atomic E-state index is -0.475. The van der Waals surface area contributed by atoms with E-state index in [4.69, 9.17) is 0 Å². The molecule has 0 saturated carbocycles. The van der Waals surface area contributed by atoms with Crippen LogP contribution in [0.2, 0.25) is 0 Å². The van der Waals surface area contributed by atoms with Crippen LogP contribution in [0.5, 0.6) is 0 Å². The van der Waals surface area contributed by atoms with Gasteiger partial charge in [-0.1, -0.05) is 0 Å². The minimum Gasteiger partial charge on any atom is -0.468 e. The molecule has 6 heteroatoms. The summed E-state index contributed by atoms with van der Waals surface area (Å²) in [4.78, 5) is 16.8. The number of anilines is 1. The smallest absolute Gasteiger partial charge is 0.325 e. The molecule has 0 unspecified atom stereocenters. The second kappa shape index (κ2) is 5.95. The number of halogens is 2. The van der Waals surface area contributed by atoms with Crippen molar-refractivity contribution < 1.29 is 13.9 Å². The van der Waals surface area contributed by atoms with Crippen molar-refractivity contribution in [2.45, 2.75) is 19.9 Å². The van der Waals surface area contributed by atoms with E-state index in [1.54, 1.807) is 4.90 Å². The summed E-state index contributed by atoms with van der Waals surface area (Å²) in [6.45, 7) is 3.68. The van der Waals surface area contributed by atoms with Crippen molar-refractivity contribution in [1.82, 2.24) is 4.98 Å². The van der Waals surface area contributed by atoms with Crippen molar-refractivity contribution in [3.8, 4) is 0 Å². The van der Waals surface area contributed by atoms with Crippen molar-refractivity contribution in [2.75, 3.05) is 18.6 Å². The maximum absolute atomic E-state index is 13.7. The first-order valence-corrected chi connectivity index (χ1v) is 5.89. The lowest BCUT2D eigenvalue weighted by molar-refractivity contribution is -0.139. The van der Waals surface area contributed by atoms with E-state index in [2.05, 4.69) is 25.7 Å². The van der Waals surface area contributed by atoms with Crippen molar-refractivity contribution in [3.63, 3.8) is 0 Å². The van der Waals surface area contributed by atoms with Gasteiger partial charge in [0.1, 0.15) is 6.54 Å². The number of pyridine rings is 1. The molecule has 0 aliphatic rings. The van der Waals surface area contributed by atoms with Crippen LogP contribution in [0.4, 0.5) is 10.2 Å². The number of aromatic nitrogens is 1. The van der Waals surface area contributed by atoms with E-state index in [9.17, 15) is 9.18 Å². The first kappa shape index (κ1) is 13.9. The van der Waals surface area contributed by atoms with E-state index >= 15 is 0 Å². The van der Waals surface area contributed by atoms with Gasteiger partial charge >= 0.3 is 5.97 Å². The molecule has 0 atom stereocenters. The maximum atomic E-state index is 13.7. The second-order valence-corrected chi connectivity index (χ2v) is 4.67. The fourth-order valence-corrected chi connectivity index (χ4v) is 1.63. The Kier molecular flexibility index (Phi) is 4.86. The van der Waals surface area contributed by atoms with Gasteiger partial charge in [0.05, 0.1) is 7.11 Å². The fourth-order valence-electron chi connectivity index (χ4n) is 1.32. The topological polar surface area (TPSA) is 42.4 Å². The molecule has 0 aliphatic carbocycles. The lowest BCUT2D eigenvalue weighted by Gasteiger charge is -2.26. The molecule has 4 nitrogen and oxygen atoms in total. The summed E-state index contributed by atoms with van der Waals surface area (Å²) in [7, 11) is 1.30. The molecule has 1 aromatic rings. The molecule has 0 spiro atoms. The monoisotopic (exact) mass is 304 g/mol. The average Bonchev–Trinajstić information content (AvgIpc) is 2.26. The second-order valence-electron chi connectivity index (χ2n) is 3.76. The van der Waals surface area contributed by atoms with Crippen molar-refractivity contribution in [2.24, 2.45) is 0 Å². The predicted molar refractivity (Wildman–Crippen MR) is 66.4 cm³/mol. The van der Waals surface area contributed by atoms with Crippen LogP contribution in [-0.4, -0.2) is 30.6 Å². The number of rotatable bonds is 4. The van der Waals surface area contributed by atoms with Crippen molar-refractivity contribution >= 4 is 27.7 Å². The predicted octanol–water partition coefficient (Wildman–Crippen LogP) is 2.37. The molecule has 1 aromatic heterocycles. The van der Waals surface area contributed by atoms with Crippen LogP contribution in [0.1, 0.15) is 13.8 Å². The fraction of sp³-hybridized carbons (Fsp3) is 0.455. The van der Waals surface area contributed by atoms with Crippen LogP contribution in [0, 0.1) is 5.82 Å². The number of nitrogens with zero attached hydrogens (tertiary/aromatic N) is 2. The van der Waals surface area contributed by atoms with Crippen LogP contribution in [0.15, 0.2) is 16.7 Å². The molecular formula is C11H14BrFN2O2. The number of hydrogen-bond donors (Lipinski definition) is 0. The summed E-state index contributed by atoms with van der Waals surface area (Å²) in [5, 5.41) is 0. The van der Waals surface area contributed by atoms with Crippen molar-refractivity contribution in [3.05, 3.63) is 22.6 Å². The van der Waals surface area contributed by atoms with Crippen LogP contribution in [-0.2, 0) is 9.53 Å². The Balaban J connectivity index is 3.01. The minimum absolute atomic E-state index is 0.0281. The third kappa shape index (κ3) is 3.66. The van der Waals surface area contributed by atoms with Crippen LogP contribution in [0.3, 0.4) is 0 Å². The van der Waals surface area contributed by atoms with Gasteiger partial charge in [-0.2, -0.15) is 0 Å². The highest BCUT2D eigenvalue weighted by molar-refractivity contribution is 9.10. The molecule has 1 heterocycles. The van der Waals surface area contributed by atoms with E-state index in [0.29, 0.717) is 4.47 Å². The SMILES string of the molecule is COC(=O)CN(c1ncc(Br)cc1F)C(C)C. The van der Waals surface area contributed by atoms with Gasteiger partial charge in [0, 0.05) is 16.7 Å². The van der Waals surface area contributed by atoms with E-state index in [-0.39, 0.29) is 18.4 Å². The normalized spacial score (nSPS) is 10.5. The van der Waals surface area contributed by atoms with Gasteiger partial charge in [-0.3, -0.25) is 4.79 Å². The molecule has 0 N–H and O–H groups in total. The van der Waals surface area contributed by atoms with Gasteiger partial charge in [-0.25, -0.2) is 9.37 Å². The maximum Gasteiger partial charge on any atom is 0.325 e. The Morgan fingerprint density at radius 1 is 1.65 bits per heavy atom. The summed E-state index contributed by atoms with van der Waals surface area (Å²) in [6, 6.07) is 1.26. The summed E-state index contributed by atoms with van der Waals surface area (Å²) >= 11 is 3.13. The highest BCUT2D eigenvalue weighted by Gasteiger charge is 2.19. The zero-order valence-corrected chi connectivity index (χ0v) is 11.5. The molecular weight excluding hydrogens is 291 g/mol. The highest BCUT2D eigenvalue weighted by atomic mass is 79.9. The number of carbonyl (C=O) groups is 1. The molecule has 17 heavy (non-hydrogen) atoms. The third-order valence-corrected chi connectivity index (χ3v) is 2.64. The molecule has 0 fully saturated rings. The summed E-state index contributed by atoms with van der Waals surface area (Å²) < 4.78 is 18.9. The molecule has 0 radical (unpaired) electrons. The number of carbonyl (C=O) groups excluding carboxylic acids is 1. The van der Waals surface area contributed by atoms with Gasteiger partial charge in [0.25, 0.3) is 0 Å². The summed E-state index contributed by atoms with van der Waals surface area (Å²) in [5.74, 6) is -0.756.